The van der Waals surface area contributed by atoms with E-state index in [9.17, 15) is 9.59 Å². The van der Waals surface area contributed by atoms with Gasteiger partial charge in [-0.05, 0) is 24.3 Å². The molecule has 0 unspecified atom stereocenters. The van der Waals surface area contributed by atoms with Gasteiger partial charge in [-0.3, -0.25) is 9.59 Å². The molecule has 0 aromatic heterocycles. The summed E-state index contributed by atoms with van der Waals surface area (Å²) in [4.78, 5) is 25.9. The molecule has 8 nitrogen and oxygen atoms in total. The molecular formula is C19H18N2O6. The topological polar surface area (TPSA) is 86.3 Å². The zero-order chi connectivity index (χ0) is 18.8. The van der Waals surface area contributed by atoms with E-state index in [0.29, 0.717) is 34.4 Å². The fourth-order valence-corrected chi connectivity index (χ4v) is 2.93. The third-order valence-corrected chi connectivity index (χ3v) is 4.27. The van der Waals surface area contributed by atoms with Gasteiger partial charge in [-0.1, -0.05) is 0 Å². The van der Waals surface area contributed by atoms with Gasteiger partial charge in [0.15, 0.2) is 23.0 Å². The minimum atomic E-state index is -0.208. The van der Waals surface area contributed by atoms with Crippen molar-refractivity contribution in [2.24, 2.45) is 0 Å². The maximum absolute atomic E-state index is 12.3. The van der Waals surface area contributed by atoms with Gasteiger partial charge in [-0.2, -0.15) is 0 Å². The van der Waals surface area contributed by atoms with Crippen LogP contribution in [0.3, 0.4) is 0 Å². The van der Waals surface area contributed by atoms with Gasteiger partial charge in [0, 0.05) is 43.4 Å². The normalized spacial score (nSPS) is 13.4. The van der Waals surface area contributed by atoms with Crippen LogP contribution in [0.25, 0.3) is 0 Å². The lowest BCUT2D eigenvalue weighted by Gasteiger charge is -2.21. The molecule has 2 aliphatic rings. The second kappa shape index (κ2) is 7.06. The molecule has 0 bridgehead atoms. The molecule has 27 heavy (non-hydrogen) atoms. The van der Waals surface area contributed by atoms with Crippen molar-refractivity contribution in [3.8, 4) is 23.0 Å². The standard InChI is InChI=1S/C19H18N2O6/c1-12(22)21(14-3-5-16-18(9-14)27-11-25-16)7-6-19(23)20-13-2-4-15-17(8-13)26-10-24-15/h2-5,8-9H,6-7,10-11H2,1H3,(H,20,23). The monoisotopic (exact) mass is 370 g/mol. The van der Waals surface area contributed by atoms with Crippen LogP contribution in [0.4, 0.5) is 11.4 Å². The first kappa shape index (κ1) is 17.0. The maximum Gasteiger partial charge on any atom is 0.231 e. The number of anilines is 2. The van der Waals surface area contributed by atoms with Gasteiger partial charge in [0.05, 0.1) is 0 Å². The second-order valence-corrected chi connectivity index (χ2v) is 6.07. The summed E-state index contributed by atoms with van der Waals surface area (Å²) in [6.45, 7) is 2.04. The summed E-state index contributed by atoms with van der Waals surface area (Å²) in [6, 6.07) is 10.4. The van der Waals surface area contributed by atoms with E-state index in [1.54, 1.807) is 36.4 Å². The minimum Gasteiger partial charge on any atom is -0.454 e. The number of rotatable bonds is 5. The number of benzene rings is 2. The van der Waals surface area contributed by atoms with Gasteiger partial charge >= 0.3 is 0 Å². The van der Waals surface area contributed by atoms with Gasteiger partial charge in [0.1, 0.15) is 0 Å². The summed E-state index contributed by atoms with van der Waals surface area (Å²) < 4.78 is 21.2. The quantitative estimate of drug-likeness (QED) is 0.870. The lowest BCUT2D eigenvalue weighted by atomic mass is 10.2. The highest BCUT2D eigenvalue weighted by molar-refractivity contribution is 5.95. The van der Waals surface area contributed by atoms with E-state index in [2.05, 4.69) is 5.32 Å². The van der Waals surface area contributed by atoms with Crippen LogP contribution >= 0.6 is 0 Å². The Bertz CT molecular complexity index is 898. The van der Waals surface area contributed by atoms with Crippen molar-refractivity contribution in [3.05, 3.63) is 36.4 Å². The van der Waals surface area contributed by atoms with Crippen LogP contribution in [0, 0.1) is 0 Å². The van der Waals surface area contributed by atoms with Crippen molar-refractivity contribution in [1.82, 2.24) is 0 Å². The maximum atomic E-state index is 12.3. The molecule has 140 valence electrons. The third-order valence-electron chi connectivity index (χ3n) is 4.27. The van der Waals surface area contributed by atoms with Crippen molar-refractivity contribution in [1.29, 1.82) is 0 Å². The lowest BCUT2D eigenvalue weighted by Crippen LogP contribution is -2.31. The van der Waals surface area contributed by atoms with Crippen LogP contribution in [0.5, 0.6) is 23.0 Å². The Morgan fingerprint density at radius 1 is 0.926 bits per heavy atom. The highest BCUT2D eigenvalue weighted by Crippen LogP contribution is 2.36. The molecule has 2 amide bonds. The summed E-state index contributed by atoms with van der Waals surface area (Å²) in [5.41, 5.74) is 1.27. The highest BCUT2D eigenvalue weighted by Gasteiger charge is 2.19. The first-order valence-corrected chi connectivity index (χ1v) is 8.47. The van der Waals surface area contributed by atoms with E-state index >= 15 is 0 Å². The lowest BCUT2D eigenvalue weighted by molar-refractivity contribution is -0.117. The van der Waals surface area contributed by atoms with E-state index in [1.807, 2.05) is 0 Å². The van der Waals surface area contributed by atoms with Crippen molar-refractivity contribution >= 4 is 23.2 Å². The summed E-state index contributed by atoms with van der Waals surface area (Å²) in [6.07, 6.45) is 0.141. The van der Waals surface area contributed by atoms with Crippen LogP contribution in [-0.4, -0.2) is 31.9 Å². The molecular weight excluding hydrogens is 352 g/mol. The van der Waals surface area contributed by atoms with Crippen molar-refractivity contribution in [2.45, 2.75) is 13.3 Å². The predicted octanol–water partition coefficient (Wildman–Crippen LogP) is 2.53. The number of nitrogens with zero attached hydrogens (tertiary/aromatic N) is 1. The molecule has 2 aromatic rings. The Hall–Kier alpha value is -3.42. The van der Waals surface area contributed by atoms with Gasteiger partial charge in [-0.25, -0.2) is 0 Å². The predicted molar refractivity (Wildman–Crippen MR) is 96.4 cm³/mol. The van der Waals surface area contributed by atoms with Crippen LogP contribution in [0.15, 0.2) is 36.4 Å². The van der Waals surface area contributed by atoms with Gasteiger partial charge in [-0.15, -0.1) is 0 Å². The highest BCUT2D eigenvalue weighted by atomic mass is 16.7. The SMILES string of the molecule is CC(=O)N(CCC(=O)Nc1ccc2c(c1)OCO2)c1ccc2c(c1)OCO2. The Balaban J connectivity index is 1.39. The van der Waals surface area contributed by atoms with Gasteiger partial charge < -0.3 is 29.2 Å². The third kappa shape index (κ3) is 3.59. The zero-order valence-corrected chi connectivity index (χ0v) is 14.7. The number of carbonyl (C=O) groups excluding carboxylic acids is 2. The average Bonchev–Trinajstić information content (AvgIpc) is 3.29. The van der Waals surface area contributed by atoms with Crippen molar-refractivity contribution < 1.29 is 28.5 Å². The number of carbonyl (C=O) groups is 2. The minimum absolute atomic E-state index is 0.141. The van der Waals surface area contributed by atoms with E-state index in [1.165, 1.54) is 11.8 Å². The number of nitrogens with one attached hydrogen (secondary N) is 1. The number of hydrogen-bond donors (Lipinski definition) is 1. The molecule has 0 saturated heterocycles. The van der Waals surface area contributed by atoms with E-state index in [0.717, 1.165) is 0 Å². The van der Waals surface area contributed by atoms with Crippen molar-refractivity contribution in [2.75, 3.05) is 30.3 Å². The molecule has 2 aromatic carbocycles. The smallest absolute Gasteiger partial charge is 0.231 e. The number of amides is 2. The Labute approximate surface area is 155 Å². The molecule has 0 aliphatic carbocycles. The number of fused-ring (bicyclic) bond motifs is 2. The van der Waals surface area contributed by atoms with Crippen molar-refractivity contribution in [3.63, 3.8) is 0 Å². The summed E-state index contributed by atoms with van der Waals surface area (Å²) in [5.74, 6) is 2.11. The first-order chi connectivity index (χ1) is 13.1. The fraction of sp³-hybridized carbons (Fsp3) is 0.263. The molecule has 4 rings (SSSR count). The summed E-state index contributed by atoms with van der Waals surface area (Å²) in [7, 11) is 0. The fourth-order valence-electron chi connectivity index (χ4n) is 2.93. The molecule has 2 heterocycles. The Morgan fingerprint density at radius 3 is 2.26 bits per heavy atom. The summed E-state index contributed by atoms with van der Waals surface area (Å²) in [5, 5.41) is 2.80. The first-order valence-electron chi connectivity index (χ1n) is 8.47. The van der Waals surface area contributed by atoms with Crippen LogP contribution in [-0.2, 0) is 9.59 Å². The molecule has 2 aliphatic heterocycles. The Kier molecular flexibility index (Phi) is 4.45. The molecule has 0 saturated carbocycles. The second-order valence-electron chi connectivity index (χ2n) is 6.07. The average molecular weight is 370 g/mol. The molecule has 1 N–H and O–H groups in total. The Morgan fingerprint density at radius 2 is 1.56 bits per heavy atom. The molecule has 0 fully saturated rings. The summed E-state index contributed by atoms with van der Waals surface area (Å²) >= 11 is 0. The number of ether oxygens (including phenoxy) is 4. The van der Waals surface area contributed by atoms with Crippen LogP contribution in [0.1, 0.15) is 13.3 Å². The van der Waals surface area contributed by atoms with Gasteiger partial charge in [0.25, 0.3) is 0 Å². The molecule has 0 radical (unpaired) electrons. The van der Waals surface area contributed by atoms with Crippen LogP contribution in [0.2, 0.25) is 0 Å². The number of hydrogen-bond acceptors (Lipinski definition) is 6. The van der Waals surface area contributed by atoms with E-state index < -0.39 is 0 Å². The van der Waals surface area contributed by atoms with E-state index in [4.69, 9.17) is 18.9 Å². The molecule has 0 spiro atoms. The molecule has 8 heteroatoms. The zero-order valence-electron chi connectivity index (χ0n) is 14.7. The van der Waals surface area contributed by atoms with Crippen LogP contribution < -0.4 is 29.2 Å². The molecule has 0 atom stereocenters. The van der Waals surface area contributed by atoms with Gasteiger partial charge in [0.2, 0.25) is 25.4 Å². The largest absolute Gasteiger partial charge is 0.454 e. The van der Waals surface area contributed by atoms with E-state index in [-0.39, 0.29) is 38.4 Å².